The summed E-state index contributed by atoms with van der Waals surface area (Å²) >= 11 is 8.93. The number of rotatable bonds is 7. The van der Waals surface area contributed by atoms with Crippen molar-refractivity contribution in [2.24, 2.45) is 0 Å². The van der Waals surface area contributed by atoms with Gasteiger partial charge in [0.2, 0.25) is 5.91 Å². The average molecular weight is 407 g/mol. The van der Waals surface area contributed by atoms with Gasteiger partial charge in [-0.15, -0.1) is 21.5 Å². The fourth-order valence-corrected chi connectivity index (χ4v) is 4.17. The molecule has 1 atom stereocenters. The first-order valence-corrected chi connectivity index (χ1v) is 10.5. The fourth-order valence-electron chi connectivity index (χ4n) is 2.52. The van der Waals surface area contributed by atoms with Crippen molar-refractivity contribution >= 4 is 40.6 Å². The van der Waals surface area contributed by atoms with Crippen molar-refractivity contribution in [3.05, 3.63) is 52.4 Å². The van der Waals surface area contributed by atoms with E-state index in [4.69, 9.17) is 11.6 Å². The smallest absolute Gasteiger partial charge is 0.230 e. The van der Waals surface area contributed by atoms with Crippen LogP contribution in [-0.2, 0) is 11.3 Å². The van der Waals surface area contributed by atoms with Crippen LogP contribution in [0.15, 0.2) is 46.9 Å². The van der Waals surface area contributed by atoms with Crippen molar-refractivity contribution in [3.63, 3.8) is 0 Å². The van der Waals surface area contributed by atoms with Gasteiger partial charge in [-0.3, -0.25) is 4.79 Å². The van der Waals surface area contributed by atoms with Crippen LogP contribution >= 0.6 is 34.7 Å². The molecule has 136 valence electrons. The van der Waals surface area contributed by atoms with Gasteiger partial charge in [-0.25, -0.2) is 0 Å². The van der Waals surface area contributed by atoms with Crippen LogP contribution in [0.4, 0.5) is 0 Å². The zero-order valence-electron chi connectivity index (χ0n) is 14.5. The molecule has 0 radical (unpaired) electrons. The van der Waals surface area contributed by atoms with E-state index in [1.54, 1.807) is 11.3 Å². The Balaban J connectivity index is 1.60. The normalized spacial score (nSPS) is 12.1. The molecule has 0 aliphatic rings. The summed E-state index contributed by atoms with van der Waals surface area (Å²) in [6.45, 7) is 4.76. The molecule has 26 heavy (non-hydrogen) atoms. The summed E-state index contributed by atoms with van der Waals surface area (Å²) in [5, 5.41) is 15.0. The van der Waals surface area contributed by atoms with Crippen LogP contribution in [0.2, 0.25) is 5.02 Å². The maximum absolute atomic E-state index is 12.3. The van der Waals surface area contributed by atoms with E-state index in [1.807, 2.05) is 60.2 Å². The SMILES string of the molecule is CCn1c(SCC(=O)N[C@H](C)c2ccc(Cl)cc2)nnc1-c1cccs1. The van der Waals surface area contributed by atoms with Gasteiger partial charge in [-0.2, -0.15) is 0 Å². The van der Waals surface area contributed by atoms with Crippen LogP contribution in [0.3, 0.4) is 0 Å². The van der Waals surface area contributed by atoms with Gasteiger partial charge in [0.25, 0.3) is 0 Å². The second kappa shape index (κ2) is 8.70. The minimum atomic E-state index is -0.0777. The molecule has 5 nitrogen and oxygen atoms in total. The minimum absolute atomic E-state index is 0.0409. The predicted molar refractivity (Wildman–Crippen MR) is 108 cm³/mol. The summed E-state index contributed by atoms with van der Waals surface area (Å²) < 4.78 is 2.03. The van der Waals surface area contributed by atoms with Crippen molar-refractivity contribution < 1.29 is 4.79 Å². The molecule has 0 spiro atoms. The summed E-state index contributed by atoms with van der Waals surface area (Å²) in [5.41, 5.74) is 1.02. The summed E-state index contributed by atoms with van der Waals surface area (Å²) in [7, 11) is 0. The molecule has 0 saturated carbocycles. The van der Waals surface area contributed by atoms with Crippen LogP contribution in [-0.4, -0.2) is 26.4 Å². The van der Waals surface area contributed by atoms with E-state index in [0.29, 0.717) is 10.8 Å². The number of amides is 1. The lowest BCUT2D eigenvalue weighted by Crippen LogP contribution is -2.28. The highest BCUT2D eigenvalue weighted by Gasteiger charge is 2.16. The molecule has 0 bridgehead atoms. The number of halogens is 1. The Morgan fingerprint density at radius 2 is 2.08 bits per heavy atom. The lowest BCUT2D eigenvalue weighted by atomic mass is 10.1. The van der Waals surface area contributed by atoms with E-state index in [1.165, 1.54) is 11.8 Å². The van der Waals surface area contributed by atoms with E-state index in [9.17, 15) is 4.79 Å². The highest BCUT2D eigenvalue weighted by molar-refractivity contribution is 7.99. The Morgan fingerprint density at radius 3 is 2.73 bits per heavy atom. The third kappa shape index (κ3) is 4.47. The van der Waals surface area contributed by atoms with Crippen LogP contribution < -0.4 is 5.32 Å². The standard InChI is InChI=1S/C18H19ClN4OS2/c1-3-23-17(15-5-4-10-25-15)21-22-18(23)26-11-16(24)20-12(2)13-6-8-14(19)9-7-13/h4-10,12H,3,11H2,1-2H3,(H,20,24)/t12-/m1/s1. The van der Waals surface area contributed by atoms with Gasteiger partial charge in [-0.1, -0.05) is 41.6 Å². The van der Waals surface area contributed by atoms with Crippen molar-refractivity contribution in [2.75, 3.05) is 5.75 Å². The number of carbonyl (C=O) groups excluding carboxylic acids is 1. The number of thioether (sulfide) groups is 1. The van der Waals surface area contributed by atoms with Crippen molar-refractivity contribution in [1.82, 2.24) is 20.1 Å². The third-order valence-electron chi connectivity index (χ3n) is 3.85. The van der Waals surface area contributed by atoms with E-state index >= 15 is 0 Å². The predicted octanol–water partition coefficient (Wildman–Crippen LogP) is 4.65. The van der Waals surface area contributed by atoms with Crippen LogP contribution in [0, 0.1) is 0 Å². The van der Waals surface area contributed by atoms with E-state index in [2.05, 4.69) is 15.5 Å². The highest BCUT2D eigenvalue weighted by atomic mass is 35.5. The summed E-state index contributed by atoms with van der Waals surface area (Å²) in [6, 6.07) is 11.4. The third-order valence-corrected chi connectivity index (χ3v) is 5.94. The molecule has 3 aromatic rings. The Morgan fingerprint density at radius 1 is 1.31 bits per heavy atom. The monoisotopic (exact) mass is 406 g/mol. The lowest BCUT2D eigenvalue weighted by molar-refractivity contribution is -0.119. The summed E-state index contributed by atoms with van der Waals surface area (Å²) in [5.74, 6) is 1.10. The number of benzene rings is 1. The minimum Gasteiger partial charge on any atom is -0.349 e. The van der Waals surface area contributed by atoms with Crippen molar-refractivity contribution in [1.29, 1.82) is 0 Å². The van der Waals surface area contributed by atoms with Crippen LogP contribution in [0.25, 0.3) is 10.7 Å². The lowest BCUT2D eigenvalue weighted by Gasteiger charge is -2.14. The first-order chi connectivity index (χ1) is 12.6. The van der Waals surface area contributed by atoms with E-state index in [0.717, 1.165) is 28.0 Å². The average Bonchev–Trinajstić information content (AvgIpc) is 3.29. The Hall–Kier alpha value is -1.83. The number of hydrogen-bond donors (Lipinski definition) is 1. The molecule has 2 aromatic heterocycles. The maximum Gasteiger partial charge on any atom is 0.230 e. The van der Waals surface area contributed by atoms with Gasteiger partial charge in [0.05, 0.1) is 16.7 Å². The van der Waals surface area contributed by atoms with Gasteiger partial charge in [0, 0.05) is 11.6 Å². The molecule has 0 aliphatic heterocycles. The largest absolute Gasteiger partial charge is 0.349 e. The van der Waals surface area contributed by atoms with Gasteiger partial charge >= 0.3 is 0 Å². The molecule has 2 heterocycles. The summed E-state index contributed by atoms with van der Waals surface area (Å²) in [6.07, 6.45) is 0. The second-order valence-corrected chi connectivity index (χ2v) is 7.98. The molecule has 3 rings (SSSR count). The summed E-state index contributed by atoms with van der Waals surface area (Å²) in [4.78, 5) is 13.4. The molecule has 8 heteroatoms. The second-order valence-electron chi connectivity index (χ2n) is 5.66. The fraction of sp³-hybridized carbons (Fsp3) is 0.278. The van der Waals surface area contributed by atoms with E-state index in [-0.39, 0.29) is 11.9 Å². The molecule has 1 aromatic carbocycles. The highest BCUT2D eigenvalue weighted by Crippen LogP contribution is 2.27. The van der Waals surface area contributed by atoms with Crippen molar-refractivity contribution in [3.8, 4) is 10.7 Å². The number of carbonyl (C=O) groups is 1. The maximum atomic E-state index is 12.3. The number of thiophene rings is 1. The van der Waals surface area contributed by atoms with Gasteiger partial charge in [-0.05, 0) is 43.0 Å². The molecular weight excluding hydrogens is 388 g/mol. The topological polar surface area (TPSA) is 59.8 Å². The number of nitrogens with one attached hydrogen (secondary N) is 1. The number of nitrogens with zero attached hydrogens (tertiary/aromatic N) is 3. The first kappa shape index (κ1) is 18.9. The molecule has 0 aliphatic carbocycles. The quantitative estimate of drug-likeness (QED) is 0.580. The molecular formula is C18H19ClN4OS2. The van der Waals surface area contributed by atoms with Crippen LogP contribution in [0.1, 0.15) is 25.5 Å². The van der Waals surface area contributed by atoms with Gasteiger partial charge in [0.1, 0.15) is 0 Å². The Kier molecular flexibility index (Phi) is 6.34. The molecule has 0 saturated heterocycles. The Bertz CT molecular complexity index is 862. The molecule has 1 N–H and O–H groups in total. The van der Waals surface area contributed by atoms with Gasteiger partial charge in [0.15, 0.2) is 11.0 Å². The van der Waals surface area contributed by atoms with Crippen molar-refractivity contribution in [2.45, 2.75) is 31.6 Å². The molecule has 1 amide bonds. The van der Waals surface area contributed by atoms with E-state index < -0.39 is 0 Å². The van der Waals surface area contributed by atoms with Gasteiger partial charge < -0.3 is 9.88 Å². The zero-order chi connectivity index (χ0) is 18.5. The number of aromatic nitrogens is 3. The number of hydrogen-bond acceptors (Lipinski definition) is 5. The van der Waals surface area contributed by atoms with Crippen LogP contribution in [0.5, 0.6) is 0 Å². The first-order valence-electron chi connectivity index (χ1n) is 8.23. The molecule has 0 unspecified atom stereocenters. The molecule has 0 fully saturated rings. The Labute approximate surface area is 165 Å². The zero-order valence-corrected chi connectivity index (χ0v) is 16.9.